The number of nitrogens with one attached hydrogen (secondary N) is 1. The van der Waals surface area contributed by atoms with Crippen molar-refractivity contribution in [3.05, 3.63) is 65.4 Å². The van der Waals surface area contributed by atoms with E-state index in [2.05, 4.69) is 20.8 Å². The molecule has 1 amide bonds. The summed E-state index contributed by atoms with van der Waals surface area (Å²) in [4.78, 5) is 12.9. The van der Waals surface area contributed by atoms with Crippen LogP contribution in [0.15, 0.2) is 46.9 Å². The molecule has 4 rings (SSSR count). The normalized spacial score (nSPS) is 11.7. The Bertz CT molecular complexity index is 1380. The van der Waals surface area contributed by atoms with Crippen molar-refractivity contribution in [1.29, 1.82) is 0 Å². The van der Waals surface area contributed by atoms with Crippen LogP contribution in [0, 0.1) is 12.7 Å². The molecule has 154 valence electrons. The first-order chi connectivity index (χ1) is 14.2. The number of tetrazole rings is 1. The van der Waals surface area contributed by atoms with Crippen LogP contribution in [-0.2, 0) is 15.6 Å². The predicted octanol–water partition coefficient (Wildman–Crippen LogP) is 2.65. The molecule has 11 heteroatoms. The summed E-state index contributed by atoms with van der Waals surface area (Å²) in [6, 6.07) is 10.7. The molecule has 1 N–H and O–H groups in total. The van der Waals surface area contributed by atoms with Crippen molar-refractivity contribution in [2.45, 2.75) is 12.7 Å². The van der Waals surface area contributed by atoms with Crippen molar-refractivity contribution >= 4 is 32.4 Å². The molecule has 0 bridgehead atoms. The van der Waals surface area contributed by atoms with E-state index in [9.17, 15) is 17.6 Å². The minimum atomic E-state index is -3.43. The molecule has 0 spiro atoms. The minimum Gasteiger partial charge on any atom is -0.451 e. The van der Waals surface area contributed by atoms with E-state index in [-0.39, 0.29) is 28.5 Å². The second-order valence-electron chi connectivity index (χ2n) is 6.73. The molecular formula is C19H16FN5O4S. The summed E-state index contributed by atoms with van der Waals surface area (Å²) < 4.78 is 44.8. The first-order valence-electron chi connectivity index (χ1n) is 8.77. The third-order valence-electron chi connectivity index (χ3n) is 4.37. The van der Waals surface area contributed by atoms with Crippen LogP contribution in [0.4, 0.5) is 10.1 Å². The summed E-state index contributed by atoms with van der Waals surface area (Å²) >= 11 is 0. The van der Waals surface area contributed by atoms with Gasteiger partial charge in [-0.15, -0.1) is 5.10 Å². The molecule has 0 aliphatic rings. The van der Waals surface area contributed by atoms with E-state index in [4.69, 9.17) is 4.42 Å². The molecule has 0 atom stereocenters. The van der Waals surface area contributed by atoms with Crippen LogP contribution in [0.1, 0.15) is 21.9 Å². The van der Waals surface area contributed by atoms with Gasteiger partial charge in [-0.05, 0) is 41.6 Å². The van der Waals surface area contributed by atoms with Crippen molar-refractivity contribution < 1.29 is 22.0 Å². The highest BCUT2D eigenvalue weighted by Crippen LogP contribution is 2.28. The Kier molecular flexibility index (Phi) is 4.82. The van der Waals surface area contributed by atoms with Gasteiger partial charge in [-0.25, -0.2) is 12.8 Å². The monoisotopic (exact) mass is 429 g/mol. The van der Waals surface area contributed by atoms with Gasteiger partial charge in [0, 0.05) is 22.9 Å². The molecule has 4 aromatic rings. The number of carbonyl (C=O) groups excluding carboxylic acids is 1. The Morgan fingerprint density at radius 2 is 2.00 bits per heavy atom. The van der Waals surface area contributed by atoms with E-state index in [1.807, 2.05) is 0 Å². The molecule has 0 aliphatic carbocycles. The van der Waals surface area contributed by atoms with E-state index in [0.29, 0.717) is 16.8 Å². The zero-order valence-electron chi connectivity index (χ0n) is 16.0. The van der Waals surface area contributed by atoms with Crippen LogP contribution in [0.2, 0.25) is 0 Å². The lowest BCUT2D eigenvalue weighted by atomic mass is 10.1. The quantitative estimate of drug-likeness (QED) is 0.518. The van der Waals surface area contributed by atoms with Crippen LogP contribution in [0.3, 0.4) is 0 Å². The van der Waals surface area contributed by atoms with Crippen LogP contribution < -0.4 is 5.32 Å². The number of aromatic nitrogens is 4. The molecule has 0 fully saturated rings. The lowest BCUT2D eigenvalue weighted by molar-refractivity contribution is 0.0998. The van der Waals surface area contributed by atoms with Crippen molar-refractivity contribution in [3.63, 3.8) is 0 Å². The fraction of sp³-hybridized carbons (Fsp3) is 0.158. The number of hydrogen-bond acceptors (Lipinski definition) is 7. The van der Waals surface area contributed by atoms with Gasteiger partial charge < -0.3 is 9.73 Å². The summed E-state index contributed by atoms with van der Waals surface area (Å²) in [5, 5.41) is 14.1. The number of nitrogens with zero attached hydrogens (tertiary/aromatic N) is 4. The number of benzene rings is 2. The number of fused-ring (bicyclic) bond motifs is 1. The van der Waals surface area contributed by atoms with E-state index >= 15 is 0 Å². The van der Waals surface area contributed by atoms with Crippen molar-refractivity contribution in [2.75, 3.05) is 11.6 Å². The zero-order valence-corrected chi connectivity index (χ0v) is 16.8. The molecule has 2 heterocycles. The van der Waals surface area contributed by atoms with Gasteiger partial charge in [0.2, 0.25) is 0 Å². The number of amides is 1. The molecule has 9 nitrogen and oxygen atoms in total. The van der Waals surface area contributed by atoms with Crippen molar-refractivity contribution in [1.82, 2.24) is 20.2 Å². The highest BCUT2D eigenvalue weighted by atomic mass is 32.2. The number of sulfone groups is 1. The Balaban J connectivity index is 1.72. The highest BCUT2D eigenvalue weighted by molar-refractivity contribution is 7.89. The van der Waals surface area contributed by atoms with E-state index in [0.717, 1.165) is 6.26 Å². The summed E-state index contributed by atoms with van der Waals surface area (Å²) in [6.07, 6.45) is 1.08. The van der Waals surface area contributed by atoms with Crippen LogP contribution in [-0.4, -0.2) is 40.8 Å². The van der Waals surface area contributed by atoms with Gasteiger partial charge >= 0.3 is 0 Å². The third kappa shape index (κ3) is 3.79. The first-order valence-corrected chi connectivity index (χ1v) is 10.8. The molecule has 0 saturated heterocycles. The maximum atomic E-state index is 14.2. The van der Waals surface area contributed by atoms with Crippen LogP contribution in [0.5, 0.6) is 0 Å². The molecule has 0 aliphatic heterocycles. The lowest BCUT2D eigenvalue weighted by Gasteiger charge is -2.09. The number of hydrogen-bond donors (Lipinski definition) is 1. The first kappa shape index (κ1) is 19.7. The topological polar surface area (TPSA) is 120 Å². The number of furan rings is 1. The molecular weight excluding hydrogens is 413 g/mol. The summed E-state index contributed by atoms with van der Waals surface area (Å²) in [6.45, 7) is 1.61. The van der Waals surface area contributed by atoms with Gasteiger partial charge in [0.1, 0.15) is 17.1 Å². The van der Waals surface area contributed by atoms with Crippen LogP contribution in [0.25, 0.3) is 16.7 Å². The molecule has 0 saturated carbocycles. The molecule has 0 radical (unpaired) electrons. The minimum absolute atomic E-state index is 0.0521. The maximum Gasteiger partial charge on any atom is 0.291 e. The molecule has 0 unspecified atom stereocenters. The predicted molar refractivity (Wildman–Crippen MR) is 107 cm³/mol. The molecule has 2 aromatic carbocycles. The highest BCUT2D eigenvalue weighted by Gasteiger charge is 2.24. The standard InChI is InChI=1S/C19H16FN5O4S/c1-11-22-23-24-25(11)16-9-12(7-8-15(16)20)21-19(26)18-14(10-30(2,27)28)13-5-3-4-6-17(13)29-18/h3-9H,10H2,1-2H3,(H,21,26). The van der Waals surface area contributed by atoms with E-state index in [1.165, 1.54) is 22.9 Å². The molecule has 30 heavy (non-hydrogen) atoms. The number of anilines is 1. The number of para-hydroxylation sites is 1. The lowest BCUT2D eigenvalue weighted by Crippen LogP contribution is -2.15. The van der Waals surface area contributed by atoms with Crippen molar-refractivity contribution in [3.8, 4) is 5.69 Å². The number of halogens is 1. The van der Waals surface area contributed by atoms with Gasteiger partial charge in [0.25, 0.3) is 5.91 Å². The smallest absolute Gasteiger partial charge is 0.291 e. The zero-order chi connectivity index (χ0) is 21.5. The number of rotatable bonds is 5. The van der Waals surface area contributed by atoms with Gasteiger partial charge in [0.15, 0.2) is 21.4 Å². The summed E-state index contributed by atoms with van der Waals surface area (Å²) in [7, 11) is -3.43. The fourth-order valence-corrected chi connectivity index (χ4v) is 3.89. The number of carbonyl (C=O) groups is 1. The van der Waals surface area contributed by atoms with Gasteiger partial charge in [-0.1, -0.05) is 18.2 Å². The second-order valence-corrected chi connectivity index (χ2v) is 8.87. The number of aryl methyl sites for hydroxylation is 1. The van der Waals surface area contributed by atoms with Gasteiger partial charge in [-0.3, -0.25) is 4.79 Å². The SMILES string of the molecule is Cc1nnnn1-c1cc(NC(=O)c2oc3ccccc3c2CS(C)(=O)=O)ccc1F. The van der Waals surface area contributed by atoms with E-state index in [1.54, 1.807) is 31.2 Å². The Morgan fingerprint density at radius 3 is 2.70 bits per heavy atom. The molecule has 2 aromatic heterocycles. The maximum absolute atomic E-state index is 14.2. The summed E-state index contributed by atoms with van der Waals surface area (Å²) in [5.74, 6) is -1.34. The largest absolute Gasteiger partial charge is 0.451 e. The Hall–Kier alpha value is -3.60. The van der Waals surface area contributed by atoms with Crippen LogP contribution >= 0.6 is 0 Å². The van der Waals surface area contributed by atoms with E-state index < -0.39 is 21.6 Å². The van der Waals surface area contributed by atoms with Crippen molar-refractivity contribution in [2.24, 2.45) is 0 Å². The van der Waals surface area contributed by atoms with Gasteiger partial charge in [-0.2, -0.15) is 4.68 Å². The average molecular weight is 429 g/mol. The Morgan fingerprint density at radius 1 is 1.23 bits per heavy atom. The summed E-state index contributed by atoms with van der Waals surface area (Å²) in [5.41, 5.74) is 0.975. The Labute approximate surface area is 170 Å². The average Bonchev–Trinajstić information content (AvgIpc) is 3.26. The second kappa shape index (κ2) is 7.34. The third-order valence-corrected chi connectivity index (χ3v) is 5.18. The fourth-order valence-electron chi connectivity index (χ4n) is 3.08. The van der Waals surface area contributed by atoms with Gasteiger partial charge in [0.05, 0.1) is 5.75 Å².